The first kappa shape index (κ1) is 10.4. The highest BCUT2D eigenvalue weighted by Crippen LogP contribution is 2.11. The summed E-state index contributed by atoms with van der Waals surface area (Å²) in [6.45, 7) is 5.28. The summed E-state index contributed by atoms with van der Waals surface area (Å²) in [5.41, 5.74) is 1.01. The first-order valence-electron chi connectivity index (χ1n) is 5.59. The van der Waals surface area contributed by atoms with Crippen molar-refractivity contribution in [2.75, 3.05) is 25.0 Å². The molecule has 0 saturated carbocycles. The van der Waals surface area contributed by atoms with Gasteiger partial charge >= 0.3 is 0 Å². The predicted octanol–water partition coefficient (Wildman–Crippen LogP) is 1.20. The van der Waals surface area contributed by atoms with Gasteiger partial charge in [0.05, 0.1) is 0 Å². The average molecular weight is 206 g/mol. The minimum atomic E-state index is 0.751. The number of nitrogens with zero attached hydrogens (tertiary/aromatic N) is 2. The lowest BCUT2D eigenvalue weighted by Crippen LogP contribution is -2.13. The van der Waals surface area contributed by atoms with E-state index in [1.54, 1.807) is 6.20 Å². The number of anilines is 1. The Labute approximate surface area is 90.5 Å². The molecule has 0 bridgehead atoms. The van der Waals surface area contributed by atoms with Gasteiger partial charge in [-0.05, 0) is 44.8 Å². The van der Waals surface area contributed by atoms with Crippen LogP contribution in [0.15, 0.2) is 12.3 Å². The van der Waals surface area contributed by atoms with Crippen LogP contribution in [0.5, 0.6) is 0 Å². The Morgan fingerprint density at radius 2 is 2.53 bits per heavy atom. The van der Waals surface area contributed by atoms with Gasteiger partial charge < -0.3 is 10.6 Å². The fourth-order valence-corrected chi connectivity index (χ4v) is 1.88. The molecule has 4 heteroatoms. The largest absolute Gasteiger partial charge is 0.354 e. The molecule has 0 amide bonds. The van der Waals surface area contributed by atoms with Crippen molar-refractivity contribution in [1.82, 2.24) is 15.3 Å². The Morgan fingerprint density at radius 1 is 1.60 bits per heavy atom. The third-order valence-electron chi connectivity index (χ3n) is 2.79. The van der Waals surface area contributed by atoms with Gasteiger partial charge in [-0.3, -0.25) is 0 Å². The summed E-state index contributed by atoms with van der Waals surface area (Å²) >= 11 is 0. The average Bonchev–Trinajstić information content (AvgIpc) is 2.71. The van der Waals surface area contributed by atoms with E-state index in [2.05, 4.69) is 20.6 Å². The molecule has 1 aliphatic heterocycles. The molecule has 2 rings (SSSR count). The van der Waals surface area contributed by atoms with E-state index in [0.29, 0.717) is 0 Å². The van der Waals surface area contributed by atoms with E-state index < -0.39 is 0 Å². The summed E-state index contributed by atoms with van der Waals surface area (Å²) in [4.78, 5) is 8.47. The molecule has 82 valence electrons. The highest BCUT2D eigenvalue weighted by molar-refractivity contribution is 5.24. The number of hydrogen-bond donors (Lipinski definition) is 2. The Morgan fingerprint density at radius 3 is 3.27 bits per heavy atom. The van der Waals surface area contributed by atoms with Gasteiger partial charge in [0.15, 0.2) is 0 Å². The Bertz CT molecular complexity index is 307. The van der Waals surface area contributed by atoms with Crippen LogP contribution in [0.4, 0.5) is 5.95 Å². The zero-order valence-corrected chi connectivity index (χ0v) is 9.16. The van der Waals surface area contributed by atoms with Gasteiger partial charge in [-0.2, -0.15) is 0 Å². The summed E-state index contributed by atoms with van der Waals surface area (Å²) in [5.74, 6) is 1.57. The molecule has 0 aliphatic carbocycles. The topological polar surface area (TPSA) is 49.8 Å². The second kappa shape index (κ2) is 5.07. The van der Waals surface area contributed by atoms with Crippen LogP contribution < -0.4 is 10.6 Å². The minimum absolute atomic E-state index is 0.751. The molecule has 1 atom stereocenters. The number of aromatic nitrogens is 2. The third-order valence-corrected chi connectivity index (χ3v) is 2.79. The molecule has 0 spiro atoms. The van der Waals surface area contributed by atoms with Crippen molar-refractivity contribution in [3.05, 3.63) is 18.0 Å². The molecule has 1 aliphatic rings. The first-order chi connectivity index (χ1) is 7.34. The molecule has 1 aromatic heterocycles. The molecule has 1 unspecified atom stereocenters. The summed E-state index contributed by atoms with van der Waals surface area (Å²) in [6, 6.07) is 1.91. The van der Waals surface area contributed by atoms with Gasteiger partial charge in [-0.25, -0.2) is 9.97 Å². The van der Waals surface area contributed by atoms with E-state index in [1.807, 2.05) is 13.0 Å². The van der Waals surface area contributed by atoms with Gasteiger partial charge in [0.25, 0.3) is 0 Å². The normalized spacial score (nSPS) is 20.5. The monoisotopic (exact) mass is 206 g/mol. The maximum absolute atomic E-state index is 4.30. The smallest absolute Gasteiger partial charge is 0.222 e. The third kappa shape index (κ3) is 3.16. The Hall–Kier alpha value is -1.16. The summed E-state index contributed by atoms with van der Waals surface area (Å²) < 4.78 is 0. The number of rotatable bonds is 4. The van der Waals surface area contributed by atoms with E-state index in [0.717, 1.165) is 30.6 Å². The second-order valence-corrected chi connectivity index (χ2v) is 4.10. The van der Waals surface area contributed by atoms with Crippen LogP contribution in [0.3, 0.4) is 0 Å². The quantitative estimate of drug-likeness (QED) is 0.777. The molecule has 1 aromatic rings. The lowest BCUT2D eigenvalue weighted by Gasteiger charge is -2.09. The predicted molar refractivity (Wildman–Crippen MR) is 60.9 cm³/mol. The fourth-order valence-electron chi connectivity index (χ4n) is 1.88. The first-order valence-corrected chi connectivity index (χ1v) is 5.59. The van der Waals surface area contributed by atoms with Crippen LogP contribution in [0.1, 0.15) is 18.5 Å². The van der Waals surface area contributed by atoms with E-state index in [-0.39, 0.29) is 0 Å². The van der Waals surface area contributed by atoms with Gasteiger partial charge in [0.1, 0.15) is 0 Å². The summed E-state index contributed by atoms with van der Waals surface area (Å²) in [6.07, 6.45) is 4.29. The molecule has 4 nitrogen and oxygen atoms in total. The van der Waals surface area contributed by atoms with Gasteiger partial charge in [0.2, 0.25) is 5.95 Å². The van der Waals surface area contributed by atoms with E-state index in [9.17, 15) is 0 Å². The van der Waals surface area contributed by atoms with Crippen LogP contribution in [-0.2, 0) is 0 Å². The Kier molecular flexibility index (Phi) is 3.50. The number of hydrogen-bond acceptors (Lipinski definition) is 4. The highest BCUT2D eigenvalue weighted by Gasteiger charge is 2.13. The highest BCUT2D eigenvalue weighted by atomic mass is 15.1. The maximum Gasteiger partial charge on any atom is 0.222 e. The van der Waals surface area contributed by atoms with Crippen LogP contribution in [-0.4, -0.2) is 29.6 Å². The number of nitrogens with one attached hydrogen (secondary N) is 2. The standard InChI is InChI=1S/C11H18N4/c1-9-2-6-13-11(15-9)14-7-4-10-3-5-12-8-10/h2,6,10,12H,3-5,7-8H2,1H3,(H,13,14,15). The van der Waals surface area contributed by atoms with Crippen molar-refractivity contribution < 1.29 is 0 Å². The van der Waals surface area contributed by atoms with Crippen molar-refractivity contribution in [1.29, 1.82) is 0 Å². The SMILES string of the molecule is Cc1ccnc(NCCC2CCNC2)n1. The fraction of sp³-hybridized carbons (Fsp3) is 0.636. The van der Waals surface area contributed by atoms with Crippen LogP contribution >= 0.6 is 0 Å². The zero-order chi connectivity index (χ0) is 10.5. The second-order valence-electron chi connectivity index (χ2n) is 4.10. The zero-order valence-electron chi connectivity index (χ0n) is 9.16. The molecule has 2 N–H and O–H groups in total. The van der Waals surface area contributed by atoms with Crippen LogP contribution in [0.25, 0.3) is 0 Å². The minimum Gasteiger partial charge on any atom is -0.354 e. The van der Waals surface area contributed by atoms with Crippen molar-refractivity contribution in [2.24, 2.45) is 5.92 Å². The van der Waals surface area contributed by atoms with E-state index >= 15 is 0 Å². The van der Waals surface area contributed by atoms with Crippen molar-refractivity contribution in [3.8, 4) is 0 Å². The number of aryl methyl sites for hydroxylation is 1. The van der Waals surface area contributed by atoms with Crippen molar-refractivity contribution in [3.63, 3.8) is 0 Å². The summed E-state index contributed by atoms with van der Waals surface area (Å²) in [5, 5.41) is 6.63. The molecule has 0 radical (unpaired) electrons. The van der Waals surface area contributed by atoms with Crippen molar-refractivity contribution in [2.45, 2.75) is 19.8 Å². The molecule has 2 heterocycles. The van der Waals surface area contributed by atoms with E-state index in [1.165, 1.54) is 19.4 Å². The van der Waals surface area contributed by atoms with E-state index in [4.69, 9.17) is 0 Å². The molecule has 0 aromatic carbocycles. The van der Waals surface area contributed by atoms with Gasteiger partial charge in [0, 0.05) is 18.4 Å². The Balaban J connectivity index is 1.73. The maximum atomic E-state index is 4.30. The molecule has 1 fully saturated rings. The molecular formula is C11H18N4. The molecular weight excluding hydrogens is 188 g/mol. The lowest BCUT2D eigenvalue weighted by molar-refractivity contribution is 0.548. The van der Waals surface area contributed by atoms with Gasteiger partial charge in [-0.15, -0.1) is 0 Å². The molecule has 1 saturated heterocycles. The summed E-state index contributed by atoms with van der Waals surface area (Å²) in [7, 11) is 0. The lowest BCUT2D eigenvalue weighted by atomic mass is 10.1. The van der Waals surface area contributed by atoms with Crippen LogP contribution in [0, 0.1) is 12.8 Å². The van der Waals surface area contributed by atoms with Crippen molar-refractivity contribution >= 4 is 5.95 Å². The van der Waals surface area contributed by atoms with Crippen LogP contribution in [0.2, 0.25) is 0 Å². The molecule has 15 heavy (non-hydrogen) atoms. The van der Waals surface area contributed by atoms with Gasteiger partial charge in [-0.1, -0.05) is 0 Å².